The largest absolute Gasteiger partial charge is 0.378 e. The summed E-state index contributed by atoms with van der Waals surface area (Å²) in [5.41, 5.74) is 0.644. The van der Waals surface area contributed by atoms with Crippen molar-refractivity contribution in [2.24, 2.45) is 5.92 Å². The average Bonchev–Trinajstić information content (AvgIpc) is 2.67. The summed E-state index contributed by atoms with van der Waals surface area (Å²) in [6.45, 7) is 7.89. The monoisotopic (exact) mass is 377 g/mol. The Morgan fingerprint density at radius 2 is 2.00 bits per heavy atom. The van der Waals surface area contributed by atoms with Crippen LogP contribution in [0.25, 0.3) is 0 Å². The lowest BCUT2D eigenvalue weighted by Gasteiger charge is -2.36. The highest BCUT2D eigenvalue weighted by Crippen LogP contribution is 2.27. The van der Waals surface area contributed by atoms with Crippen LogP contribution in [0.2, 0.25) is 0 Å². The van der Waals surface area contributed by atoms with E-state index in [2.05, 4.69) is 18.8 Å². The van der Waals surface area contributed by atoms with E-state index in [1.165, 1.54) is 0 Å². The number of carbonyl (C=O) groups is 2. The minimum Gasteiger partial charge on any atom is -0.378 e. The first kappa shape index (κ1) is 19.2. The predicted octanol–water partition coefficient (Wildman–Crippen LogP) is 2.29. The number of hydrogen-bond acceptors (Lipinski definition) is 5. The van der Waals surface area contributed by atoms with Gasteiger partial charge in [0, 0.05) is 37.6 Å². The van der Waals surface area contributed by atoms with Crippen molar-refractivity contribution >= 4 is 23.6 Å². The minimum atomic E-state index is -0.108. The Morgan fingerprint density at radius 3 is 2.73 bits per heavy atom. The van der Waals surface area contributed by atoms with Crippen molar-refractivity contribution in [1.82, 2.24) is 14.8 Å². The average molecular weight is 378 g/mol. The second-order valence-corrected chi connectivity index (χ2v) is 8.62. The number of likely N-dealkylation sites (tertiary alicyclic amines) is 1. The molecule has 1 atom stereocenters. The van der Waals surface area contributed by atoms with Crippen molar-refractivity contribution < 1.29 is 14.3 Å². The second-order valence-electron chi connectivity index (χ2n) is 7.05. The lowest BCUT2D eigenvalue weighted by molar-refractivity contribution is -0.141. The summed E-state index contributed by atoms with van der Waals surface area (Å²) in [6, 6.07) is 3.64. The molecule has 3 heterocycles. The number of morpholine rings is 1. The van der Waals surface area contributed by atoms with E-state index in [0.29, 0.717) is 50.2 Å². The molecule has 2 aliphatic heterocycles. The third kappa shape index (κ3) is 4.57. The van der Waals surface area contributed by atoms with Crippen LogP contribution in [-0.2, 0) is 9.53 Å². The molecular formula is C19H27N3O3S. The zero-order valence-corrected chi connectivity index (χ0v) is 16.3. The summed E-state index contributed by atoms with van der Waals surface area (Å²) >= 11 is 1.60. The molecule has 6 nitrogen and oxygen atoms in total. The van der Waals surface area contributed by atoms with E-state index >= 15 is 0 Å². The first-order valence-corrected chi connectivity index (χ1v) is 10.2. The molecule has 2 aliphatic rings. The van der Waals surface area contributed by atoms with Gasteiger partial charge in [0.1, 0.15) is 5.03 Å². The van der Waals surface area contributed by atoms with Crippen LogP contribution in [-0.4, -0.2) is 71.2 Å². The lowest BCUT2D eigenvalue weighted by atomic mass is 9.95. The SMILES string of the molecule is CC(C)Sc1ncccc1C(=O)N1CCCC(C(=O)N2CCOCC2)C1. The number of nitrogens with zero attached hydrogens (tertiary/aromatic N) is 3. The van der Waals surface area contributed by atoms with Crippen LogP contribution in [0.15, 0.2) is 23.4 Å². The molecule has 0 aromatic carbocycles. The molecule has 1 aromatic rings. The molecular weight excluding hydrogens is 350 g/mol. The smallest absolute Gasteiger partial charge is 0.256 e. The van der Waals surface area contributed by atoms with E-state index in [9.17, 15) is 9.59 Å². The van der Waals surface area contributed by atoms with Crippen LogP contribution >= 0.6 is 11.8 Å². The number of amides is 2. The van der Waals surface area contributed by atoms with Gasteiger partial charge < -0.3 is 14.5 Å². The van der Waals surface area contributed by atoms with Gasteiger partial charge in [0.15, 0.2) is 0 Å². The van der Waals surface area contributed by atoms with Gasteiger partial charge in [-0.1, -0.05) is 13.8 Å². The number of carbonyl (C=O) groups excluding carboxylic acids is 2. The third-order valence-corrected chi connectivity index (χ3v) is 5.75. The summed E-state index contributed by atoms with van der Waals surface area (Å²) in [7, 11) is 0. The fraction of sp³-hybridized carbons (Fsp3) is 0.632. The number of thioether (sulfide) groups is 1. The van der Waals surface area contributed by atoms with Crippen LogP contribution in [0.3, 0.4) is 0 Å². The maximum absolute atomic E-state index is 13.1. The highest BCUT2D eigenvalue weighted by molar-refractivity contribution is 7.99. The quantitative estimate of drug-likeness (QED) is 0.754. The number of hydrogen-bond donors (Lipinski definition) is 0. The topological polar surface area (TPSA) is 62.7 Å². The summed E-state index contributed by atoms with van der Waals surface area (Å²) < 4.78 is 5.33. The van der Waals surface area contributed by atoms with Gasteiger partial charge in [-0.3, -0.25) is 9.59 Å². The Balaban J connectivity index is 1.69. The van der Waals surface area contributed by atoms with Crippen molar-refractivity contribution in [3.63, 3.8) is 0 Å². The molecule has 0 saturated carbocycles. The number of aromatic nitrogens is 1. The summed E-state index contributed by atoms with van der Waals surface area (Å²) in [4.78, 5) is 34.0. The number of ether oxygens (including phenoxy) is 1. The van der Waals surface area contributed by atoms with Crippen molar-refractivity contribution in [2.45, 2.75) is 37.0 Å². The van der Waals surface area contributed by atoms with E-state index in [-0.39, 0.29) is 17.7 Å². The molecule has 1 aromatic heterocycles. The summed E-state index contributed by atoms with van der Waals surface area (Å²) in [5.74, 6) is 0.0400. The lowest BCUT2D eigenvalue weighted by Crippen LogP contribution is -2.49. The Kier molecular flexibility index (Phi) is 6.53. The molecule has 2 amide bonds. The molecule has 2 saturated heterocycles. The zero-order chi connectivity index (χ0) is 18.5. The normalized spacial score (nSPS) is 21.1. The van der Waals surface area contributed by atoms with Crippen molar-refractivity contribution in [3.8, 4) is 0 Å². The number of pyridine rings is 1. The van der Waals surface area contributed by atoms with Gasteiger partial charge >= 0.3 is 0 Å². The maximum Gasteiger partial charge on any atom is 0.256 e. The van der Waals surface area contributed by atoms with E-state index < -0.39 is 0 Å². The fourth-order valence-corrected chi connectivity index (χ4v) is 4.30. The predicted molar refractivity (Wildman–Crippen MR) is 101 cm³/mol. The molecule has 3 rings (SSSR count). The van der Waals surface area contributed by atoms with Gasteiger partial charge in [-0.15, -0.1) is 11.8 Å². The van der Waals surface area contributed by atoms with Crippen LogP contribution < -0.4 is 0 Å². The Labute approximate surface area is 159 Å². The summed E-state index contributed by atoms with van der Waals surface area (Å²) in [6.07, 6.45) is 3.43. The van der Waals surface area contributed by atoms with Gasteiger partial charge in [0.2, 0.25) is 5.91 Å². The molecule has 2 fully saturated rings. The molecule has 7 heteroatoms. The van der Waals surface area contributed by atoms with Gasteiger partial charge in [-0.25, -0.2) is 4.98 Å². The second kappa shape index (κ2) is 8.86. The highest BCUT2D eigenvalue weighted by Gasteiger charge is 2.32. The van der Waals surface area contributed by atoms with Crippen LogP contribution in [0.4, 0.5) is 0 Å². The molecule has 0 N–H and O–H groups in total. The Morgan fingerprint density at radius 1 is 1.23 bits per heavy atom. The van der Waals surface area contributed by atoms with Gasteiger partial charge in [-0.2, -0.15) is 0 Å². The molecule has 0 spiro atoms. The number of rotatable bonds is 4. The van der Waals surface area contributed by atoms with Crippen LogP contribution in [0.1, 0.15) is 37.0 Å². The third-order valence-electron chi connectivity index (χ3n) is 4.73. The van der Waals surface area contributed by atoms with Crippen LogP contribution in [0.5, 0.6) is 0 Å². The summed E-state index contributed by atoms with van der Waals surface area (Å²) in [5, 5.41) is 1.13. The van der Waals surface area contributed by atoms with Gasteiger partial charge in [-0.05, 0) is 25.0 Å². The molecule has 0 aliphatic carbocycles. The standard InChI is InChI=1S/C19H27N3O3S/c1-14(2)26-17-16(6-3-7-20-17)19(24)22-8-4-5-15(13-22)18(23)21-9-11-25-12-10-21/h3,6-7,14-15H,4-5,8-13H2,1-2H3. The van der Waals surface area contributed by atoms with E-state index in [1.54, 1.807) is 24.0 Å². The van der Waals surface area contributed by atoms with E-state index in [4.69, 9.17) is 4.74 Å². The zero-order valence-electron chi connectivity index (χ0n) is 15.5. The molecule has 26 heavy (non-hydrogen) atoms. The fourth-order valence-electron chi connectivity index (χ4n) is 3.45. The molecule has 142 valence electrons. The molecule has 0 radical (unpaired) electrons. The van der Waals surface area contributed by atoms with E-state index in [1.807, 2.05) is 15.9 Å². The Bertz CT molecular complexity index is 647. The van der Waals surface area contributed by atoms with Gasteiger partial charge in [0.05, 0.1) is 24.7 Å². The maximum atomic E-state index is 13.1. The first-order chi connectivity index (χ1) is 12.6. The highest BCUT2D eigenvalue weighted by atomic mass is 32.2. The molecule has 0 bridgehead atoms. The van der Waals surface area contributed by atoms with Crippen molar-refractivity contribution in [3.05, 3.63) is 23.9 Å². The van der Waals surface area contributed by atoms with Crippen molar-refractivity contribution in [2.75, 3.05) is 39.4 Å². The number of piperidine rings is 1. The van der Waals surface area contributed by atoms with E-state index in [0.717, 1.165) is 17.9 Å². The van der Waals surface area contributed by atoms with Gasteiger partial charge in [0.25, 0.3) is 5.91 Å². The van der Waals surface area contributed by atoms with Crippen molar-refractivity contribution in [1.29, 1.82) is 0 Å². The molecule has 1 unspecified atom stereocenters. The minimum absolute atomic E-state index is 0.0132. The van der Waals surface area contributed by atoms with Crippen LogP contribution in [0, 0.1) is 5.92 Å². The Hall–Kier alpha value is -1.60. The first-order valence-electron chi connectivity index (χ1n) is 9.33.